The molecule has 9 heteroatoms. The zero-order chi connectivity index (χ0) is 20.4. The van der Waals surface area contributed by atoms with Crippen LogP contribution in [-0.2, 0) is 18.3 Å². The smallest absolute Gasteiger partial charge is 0.416 e. The van der Waals surface area contributed by atoms with Crippen LogP contribution in [0.5, 0.6) is 11.5 Å². The van der Waals surface area contributed by atoms with Gasteiger partial charge in [-0.15, -0.1) is 11.8 Å². The van der Waals surface area contributed by atoms with Gasteiger partial charge in [-0.3, -0.25) is 0 Å². The van der Waals surface area contributed by atoms with Crippen LogP contribution in [0.3, 0.4) is 0 Å². The minimum absolute atomic E-state index is 0.0320. The van der Waals surface area contributed by atoms with E-state index in [4.69, 9.17) is 4.74 Å². The monoisotopic (exact) mass is 409 g/mol. The molecule has 3 aromatic rings. The van der Waals surface area contributed by atoms with Crippen LogP contribution in [-0.4, -0.2) is 26.1 Å². The van der Waals surface area contributed by atoms with Crippen LogP contribution >= 0.6 is 11.8 Å². The molecule has 0 saturated carbocycles. The van der Waals surface area contributed by atoms with E-state index in [1.165, 1.54) is 36.4 Å². The van der Waals surface area contributed by atoms with Crippen molar-refractivity contribution in [2.75, 3.05) is 6.26 Å². The van der Waals surface area contributed by atoms with Crippen molar-refractivity contribution in [2.45, 2.75) is 30.1 Å². The van der Waals surface area contributed by atoms with Crippen molar-refractivity contribution in [3.05, 3.63) is 66.2 Å². The molecule has 0 spiro atoms. The molecule has 1 aromatic heterocycles. The fourth-order valence-corrected chi connectivity index (χ4v) is 3.19. The Morgan fingerprint density at radius 2 is 1.75 bits per heavy atom. The number of hydrogen-bond donors (Lipinski definition) is 1. The molecule has 0 radical (unpaired) electrons. The Balaban J connectivity index is 1.93. The van der Waals surface area contributed by atoms with E-state index in [0.29, 0.717) is 5.75 Å². The molecule has 1 heterocycles. The molecule has 1 unspecified atom stereocenters. The van der Waals surface area contributed by atoms with E-state index in [1.54, 1.807) is 23.9 Å². The zero-order valence-corrected chi connectivity index (χ0v) is 16.0. The molecule has 148 valence electrons. The van der Waals surface area contributed by atoms with E-state index >= 15 is 0 Å². The van der Waals surface area contributed by atoms with Gasteiger partial charge in [0.1, 0.15) is 29.8 Å². The Bertz CT molecular complexity index is 927. The largest absolute Gasteiger partial charge is 0.457 e. The topological polar surface area (TPSA) is 60.2 Å². The first-order chi connectivity index (χ1) is 13.2. The van der Waals surface area contributed by atoms with Crippen LogP contribution in [0, 0.1) is 0 Å². The maximum Gasteiger partial charge on any atom is 0.416 e. The number of aliphatic hydroxyl groups is 1. The minimum atomic E-state index is -4.66. The van der Waals surface area contributed by atoms with Gasteiger partial charge in [0.15, 0.2) is 0 Å². The maximum atomic E-state index is 13.7. The van der Waals surface area contributed by atoms with Gasteiger partial charge in [0, 0.05) is 4.90 Å². The summed E-state index contributed by atoms with van der Waals surface area (Å²) < 4.78 is 47.9. The van der Waals surface area contributed by atoms with Crippen molar-refractivity contribution in [2.24, 2.45) is 0 Å². The third kappa shape index (κ3) is 4.66. The highest BCUT2D eigenvalue weighted by Crippen LogP contribution is 2.40. The standard InChI is InChI=1S/C19H18F3N3O2S/c1-18(26,10-25-12-23-11-24-25)16-8-5-14(9-17(16)19(20,21)22)27-13-3-6-15(28-2)7-4-13/h3-9,11-12,26H,10H2,1-2H3. The Kier molecular flexibility index (Phi) is 5.66. The van der Waals surface area contributed by atoms with Crippen molar-refractivity contribution in [3.8, 4) is 11.5 Å². The lowest BCUT2D eigenvalue weighted by Gasteiger charge is -2.27. The molecule has 0 fully saturated rings. The number of aromatic nitrogens is 3. The summed E-state index contributed by atoms with van der Waals surface area (Å²) in [7, 11) is 0. The summed E-state index contributed by atoms with van der Waals surface area (Å²) in [5.41, 5.74) is -3.03. The average Bonchev–Trinajstić information content (AvgIpc) is 3.14. The van der Waals surface area contributed by atoms with Crippen LogP contribution < -0.4 is 4.74 Å². The van der Waals surface area contributed by atoms with Gasteiger partial charge in [0.25, 0.3) is 0 Å². The first-order valence-electron chi connectivity index (χ1n) is 8.27. The van der Waals surface area contributed by atoms with E-state index in [1.807, 2.05) is 18.4 Å². The van der Waals surface area contributed by atoms with Gasteiger partial charge in [0.2, 0.25) is 0 Å². The molecule has 0 bridgehead atoms. The molecular formula is C19H18F3N3O2S. The van der Waals surface area contributed by atoms with Gasteiger partial charge in [-0.05, 0) is 55.1 Å². The lowest BCUT2D eigenvalue weighted by molar-refractivity contribution is -0.140. The summed E-state index contributed by atoms with van der Waals surface area (Å²) in [5.74, 6) is 0.456. The zero-order valence-electron chi connectivity index (χ0n) is 15.1. The van der Waals surface area contributed by atoms with Crippen LogP contribution in [0.4, 0.5) is 13.2 Å². The Morgan fingerprint density at radius 3 is 2.32 bits per heavy atom. The highest BCUT2D eigenvalue weighted by atomic mass is 32.2. The SMILES string of the molecule is CSc1ccc(Oc2ccc(C(C)(O)Cn3cncn3)c(C(F)(F)F)c2)cc1. The summed E-state index contributed by atoms with van der Waals surface area (Å²) in [6, 6.07) is 10.5. The van der Waals surface area contributed by atoms with Crippen molar-refractivity contribution in [3.63, 3.8) is 0 Å². The number of rotatable bonds is 6. The van der Waals surface area contributed by atoms with Crippen molar-refractivity contribution < 1.29 is 23.0 Å². The predicted octanol–water partition coefficient (Wildman–Crippen LogP) is 4.72. The number of nitrogens with zero attached hydrogens (tertiary/aromatic N) is 3. The molecule has 1 atom stereocenters. The molecular weight excluding hydrogens is 391 g/mol. The van der Waals surface area contributed by atoms with Gasteiger partial charge in [-0.25, -0.2) is 9.67 Å². The Labute approximate surface area is 164 Å². The van der Waals surface area contributed by atoms with Gasteiger partial charge in [-0.2, -0.15) is 18.3 Å². The van der Waals surface area contributed by atoms with E-state index in [2.05, 4.69) is 10.1 Å². The van der Waals surface area contributed by atoms with Crippen LogP contribution in [0.2, 0.25) is 0 Å². The van der Waals surface area contributed by atoms with Gasteiger partial charge >= 0.3 is 6.18 Å². The quantitative estimate of drug-likeness (QED) is 0.597. The predicted molar refractivity (Wildman–Crippen MR) is 99.3 cm³/mol. The number of thioether (sulfide) groups is 1. The summed E-state index contributed by atoms with van der Waals surface area (Å²) in [6.45, 7) is 1.13. The molecule has 3 rings (SSSR count). The molecule has 0 amide bonds. The van der Waals surface area contributed by atoms with Crippen LogP contribution in [0.15, 0.2) is 60.0 Å². The molecule has 0 aliphatic rings. The maximum absolute atomic E-state index is 13.7. The van der Waals surface area contributed by atoms with Crippen molar-refractivity contribution in [1.82, 2.24) is 14.8 Å². The molecule has 5 nitrogen and oxygen atoms in total. The Morgan fingerprint density at radius 1 is 1.07 bits per heavy atom. The van der Waals surface area contributed by atoms with Crippen LogP contribution in [0.1, 0.15) is 18.1 Å². The summed E-state index contributed by atoms with van der Waals surface area (Å²) >= 11 is 1.55. The normalized spacial score (nSPS) is 13.9. The summed E-state index contributed by atoms with van der Waals surface area (Å²) in [6.07, 6.45) is -0.156. The molecule has 0 aliphatic carbocycles. The van der Waals surface area contributed by atoms with Crippen LogP contribution in [0.25, 0.3) is 0 Å². The lowest BCUT2D eigenvalue weighted by atomic mass is 9.90. The molecule has 0 aliphatic heterocycles. The fraction of sp³-hybridized carbons (Fsp3) is 0.263. The number of ether oxygens (including phenoxy) is 1. The second-order valence-corrected chi connectivity index (χ2v) is 7.23. The molecule has 1 N–H and O–H groups in total. The fourth-order valence-electron chi connectivity index (χ4n) is 2.79. The Hall–Kier alpha value is -2.52. The first-order valence-corrected chi connectivity index (χ1v) is 9.50. The van der Waals surface area contributed by atoms with Gasteiger partial charge < -0.3 is 9.84 Å². The summed E-state index contributed by atoms with van der Waals surface area (Å²) in [5, 5.41) is 14.6. The van der Waals surface area contributed by atoms with E-state index in [-0.39, 0.29) is 17.9 Å². The van der Waals surface area contributed by atoms with Gasteiger partial charge in [0.05, 0.1) is 12.1 Å². The molecule has 2 aromatic carbocycles. The van der Waals surface area contributed by atoms with Crippen molar-refractivity contribution >= 4 is 11.8 Å². The van der Waals surface area contributed by atoms with Crippen molar-refractivity contribution in [1.29, 1.82) is 0 Å². The number of hydrogen-bond acceptors (Lipinski definition) is 5. The second kappa shape index (κ2) is 7.84. The van der Waals surface area contributed by atoms with E-state index in [0.717, 1.165) is 11.0 Å². The highest BCUT2D eigenvalue weighted by Gasteiger charge is 2.39. The van der Waals surface area contributed by atoms with Gasteiger partial charge in [-0.1, -0.05) is 6.07 Å². The molecule has 0 saturated heterocycles. The van der Waals surface area contributed by atoms with E-state index in [9.17, 15) is 18.3 Å². The average molecular weight is 409 g/mol. The summed E-state index contributed by atoms with van der Waals surface area (Å²) in [4.78, 5) is 4.76. The first kappa shape index (κ1) is 20.2. The second-order valence-electron chi connectivity index (χ2n) is 6.35. The lowest BCUT2D eigenvalue weighted by Crippen LogP contribution is -2.31. The third-order valence-corrected chi connectivity index (χ3v) is 4.85. The number of benzene rings is 2. The number of halogens is 3. The number of alkyl halides is 3. The highest BCUT2D eigenvalue weighted by molar-refractivity contribution is 7.98. The molecule has 28 heavy (non-hydrogen) atoms. The minimum Gasteiger partial charge on any atom is -0.457 e. The van der Waals surface area contributed by atoms with E-state index < -0.39 is 17.3 Å². The third-order valence-electron chi connectivity index (χ3n) is 4.11.